The highest BCUT2D eigenvalue weighted by atomic mass is 19.4. The van der Waals surface area contributed by atoms with E-state index in [9.17, 15) is 13.2 Å². The van der Waals surface area contributed by atoms with E-state index in [-0.39, 0.29) is 5.69 Å². The molecule has 4 nitrogen and oxygen atoms in total. The van der Waals surface area contributed by atoms with Crippen LogP contribution in [0.25, 0.3) is 28.0 Å². The van der Waals surface area contributed by atoms with Crippen LogP contribution in [0.4, 0.5) is 13.2 Å². The van der Waals surface area contributed by atoms with Crippen molar-refractivity contribution in [1.29, 1.82) is 0 Å². The van der Waals surface area contributed by atoms with Crippen molar-refractivity contribution in [3.63, 3.8) is 0 Å². The van der Waals surface area contributed by atoms with Gasteiger partial charge in [0.25, 0.3) is 0 Å². The first kappa shape index (κ1) is 21.8. The van der Waals surface area contributed by atoms with Crippen molar-refractivity contribution >= 4 is 10.9 Å². The summed E-state index contributed by atoms with van der Waals surface area (Å²) in [6, 6.07) is 27.0. The molecule has 2 aromatic carbocycles. The number of alkyl halides is 3. The van der Waals surface area contributed by atoms with Gasteiger partial charge in [0.2, 0.25) is 0 Å². The van der Waals surface area contributed by atoms with Gasteiger partial charge in [-0.2, -0.15) is 18.3 Å². The molecule has 3 heterocycles. The Balaban J connectivity index is 1.63. The number of hydrogen-bond donors (Lipinski definition) is 0. The third-order valence-corrected chi connectivity index (χ3v) is 5.87. The van der Waals surface area contributed by atoms with Crippen molar-refractivity contribution in [3.8, 4) is 17.1 Å². The summed E-state index contributed by atoms with van der Waals surface area (Å²) in [5.74, 6) is 0. The Morgan fingerprint density at radius 1 is 0.647 bits per heavy atom. The zero-order valence-electron chi connectivity index (χ0n) is 18.6. The normalized spacial score (nSPS) is 12.3. The van der Waals surface area contributed by atoms with Crippen LogP contribution in [0.5, 0.6) is 0 Å². The van der Waals surface area contributed by atoms with Gasteiger partial charge >= 0.3 is 6.18 Å². The lowest BCUT2D eigenvalue weighted by Crippen LogP contribution is -2.22. The topological polar surface area (TPSA) is 43.6 Å². The molecule has 0 aliphatic heterocycles. The molecule has 5 aromatic rings. The number of halogens is 3. The quantitative estimate of drug-likeness (QED) is 0.297. The van der Waals surface area contributed by atoms with E-state index in [0.717, 1.165) is 28.4 Å². The molecule has 0 spiro atoms. The highest BCUT2D eigenvalue weighted by Crippen LogP contribution is 2.36. The largest absolute Gasteiger partial charge is 0.433 e. The highest BCUT2D eigenvalue weighted by Gasteiger charge is 2.33. The lowest BCUT2D eigenvalue weighted by molar-refractivity contribution is -0.141. The van der Waals surface area contributed by atoms with Crippen LogP contribution < -0.4 is 0 Å². The van der Waals surface area contributed by atoms with Gasteiger partial charge < -0.3 is 0 Å². The lowest BCUT2D eigenvalue weighted by Gasteiger charge is -2.23. The van der Waals surface area contributed by atoms with Crippen molar-refractivity contribution in [2.24, 2.45) is 0 Å². The SMILES string of the molecule is CC(C)(c1cccc(-c2cccc(C(F)(F)F)n2)n1)c1nn(-c2ccccc2)c2ccccc12. The standard InChI is InChI=1S/C27H21F3N4/c1-26(2,23-16-8-13-20(31-23)21-14-9-17-24(32-21)27(28,29)30)25-19-12-6-7-15-22(19)34(33-25)18-10-4-3-5-11-18/h3-17H,1-2H3. The minimum atomic E-state index is -4.52. The first-order chi connectivity index (χ1) is 16.2. The van der Waals surface area contributed by atoms with Gasteiger partial charge in [0.05, 0.1) is 39.4 Å². The molecule has 0 aliphatic rings. The fraction of sp³-hybridized carbons (Fsp3) is 0.148. The van der Waals surface area contributed by atoms with Crippen molar-refractivity contribution in [2.45, 2.75) is 25.4 Å². The second kappa shape index (κ2) is 8.09. The minimum Gasteiger partial charge on any atom is -0.250 e. The predicted molar refractivity (Wildman–Crippen MR) is 126 cm³/mol. The molecule has 0 bridgehead atoms. The van der Waals surface area contributed by atoms with E-state index < -0.39 is 17.3 Å². The van der Waals surface area contributed by atoms with Crippen LogP contribution in [0.2, 0.25) is 0 Å². The maximum Gasteiger partial charge on any atom is 0.433 e. The van der Waals surface area contributed by atoms with Gasteiger partial charge in [-0.15, -0.1) is 0 Å². The summed E-state index contributed by atoms with van der Waals surface area (Å²) in [5.41, 5.74) is 2.40. The fourth-order valence-corrected chi connectivity index (χ4v) is 4.08. The molecule has 5 rings (SSSR count). The van der Waals surface area contributed by atoms with Gasteiger partial charge in [-0.25, -0.2) is 9.67 Å². The summed E-state index contributed by atoms with van der Waals surface area (Å²) in [6.07, 6.45) is -4.52. The third-order valence-electron chi connectivity index (χ3n) is 5.87. The first-order valence-corrected chi connectivity index (χ1v) is 10.8. The summed E-state index contributed by atoms with van der Waals surface area (Å²) in [7, 11) is 0. The second-order valence-electron chi connectivity index (χ2n) is 8.55. The number of aromatic nitrogens is 4. The first-order valence-electron chi connectivity index (χ1n) is 10.8. The van der Waals surface area contributed by atoms with Gasteiger partial charge in [-0.1, -0.05) is 48.5 Å². The molecule has 0 aliphatic carbocycles. The van der Waals surface area contributed by atoms with E-state index >= 15 is 0 Å². The van der Waals surface area contributed by atoms with Crippen LogP contribution in [0.3, 0.4) is 0 Å². The van der Waals surface area contributed by atoms with E-state index in [2.05, 4.69) is 4.98 Å². The Hall–Kier alpha value is -4.00. The van der Waals surface area contributed by atoms with Crippen molar-refractivity contribution < 1.29 is 13.2 Å². The van der Waals surface area contributed by atoms with Gasteiger partial charge in [0, 0.05) is 5.39 Å². The van der Waals surface area contributed by atoms with Crippen LogP contribution >= 0.6 is 0 Å². The van der Waals surface area contributed by atoms with Crippen LogP contribution in [-0.2, 0) is 11.6 Å². The number of hydrogen-bond acceptors (Lipinski definition) is 3. The summed E-state index contributed by atoms with van der Waals surface area (Å²) < 4.78 is 41.4. The average Bonchev–Trinajstić information content (AvgIpc) is 3.25. The lowest BCUT2D eigenvalue weighted by atomic mass is 9.83. The molecule has 0 fully saturated rings. The summed E-state index contributed by atoms with van der Waals surface area (Å²) in [6.45, 7) is 4.03. The Kier molecular flexibility index (Phi) is 5.20. The molecule has 3 aromatic heterocycles. The summed E-state index contributed by atoms with van der Waals surface area (Å²) in [4.78, 5) is 8.52. The predicted octanol–water partition coefficient (Wildman–Crippen LogP) is 6.83. The average molecular weight is 458 g/mol. The molecule has 0 N–H and O–H groups in total. The minimum absolute atomic E-state index is 0.173. The maximum absolute atomic E-state index is 13.2. The molecule has 0 saturated heterocycles. The number of para-hydroxylation sites is 2. The van der Waals surface area contributed by atoms with Gasteiger partial charge in [0.1, 0.15) is 5.69 Å². The van der Waals surface area contributed by atoms with E-state index in [1.165, 1.54) is 12.1 Å². The molecule has 170 valence electrons. The van der Waals surface area contributed by atoms with Crippen molar-refractivity contribution in [1.82, 2.24) is 19.7 Å². The van der Waals surface area contributed by atoms with Gasteiger partial charge in [0.15, 0.2) is 0 Å². The maximum atomic E-state index is 13.2. The van der Waals surface area contributed by atoms with Crippen LogP contribution in [0.1, 0.15) is 30.9 Å². The van der Waals surface area contributed by atoms with E-state index in [1.54, 1.807) is 12.1 Å². The number of fused-ring (bicyclic) bond motifs is 1. The van der Waals surface area contributed by atoms with Crippen molar-refractivity contribution in [2.75, 3.05) is 0 Å². The summed E-state index contributed by atoms with van der Waals surface area (Å²) in [5, 5.41) is 5.96. The molecule has 0 saturated carbocycles. The van der Waals surface area contributed by atoms with Crippen molar-refractivity contribution in [3.05, 3.63) is 108 Å². The molecule has 0 unspecified atom stereocenters. The molecule has 34 heavy (non-hydrogen) atoms. The third kappa shape index (κ3) is 3.83. The highest BCUT2D eigenvalue weighted by molar-refractivity contribution is 5.85. The Morgan fingerprint density at radius 2 is 1.24 bits per heavy atom. The zero-order chi connectivity index (χ0) is 23.9. The van der Waals surface area contributed by atoms with E-state index in [0.29, 0.717) is 11.4 Å². The van der Waals surface area contributed by atoms with Crippen LogP contribution in [-0.4, -0.2) is 19.7 Å². The van der Waals surface area contributed by atoms with E-state index in [1.807, 2.05) is 79.2 Å². The van der Waals surface area contributed by atoms with Gasteiger partial charge in [-0.3, -0.25) is 4.98 Å². The molecule has 0 atom stereocenters. The number of nitrogens with zero attached hydrogens (tertiary/aromatic N) is 4. The number of benzene rings is 2. The number of rotatable bonds is 4. The zero-order valence-corrected chi connectivity index (χ0v) is 18.6. The monoisotopic (exact) mass is 458 g/mol. The number of pyridine rings is 2. The Morgan fingerprint density at radius 3 is 1.91 bits per heavy atom. The smallest absolute Gasteiger partial charge is 0.250 e. The summed E-state index contributed by atoms with van der Waals surface area (Å²) >= 11 is 0. The fourth-order valence-electron chi connectivity index (χ4n) is 4.08. The molecule has 0 amide bonds. The molecule has 7 heteroatoms. The Labute approximate surface area is 194 Å². The molecular weight excluding hydrogens is 437 g/mol. The Bertz CT molecular complexity index is 1470. The van der Waals surface area contributed by atoms with E-state index in [4.69, 9.17) is 10.1 Å². The van der Waals surface area contributed by atoms with Crippen LogP contribution in [0.15, 0.2) is 91.0 Å². The van der Waals surface area contributed by atoms with Gasteiger partial charge in [-0.05, 0) is 56.3 Å². The molecule has 0 radical (unpaired) electrons. The second-order valence-corrected chi connectivity index (χ2v) is 8.55. The molecular formula is C27H21F3N4. The van der Waals surface area contributed by atoms with Crippen LogP contribution in [0, 0.1) is 0 Å².